The topological polar surface area (TPSA) is 24.5 Å². The van der Waals surface area contributed by atoms with E-state index in [2.05, 4.69) is 24.2 Å². The molecule has 3 heteroatoms. The predicted molar refractivity (Wildman–Crippen MR) is 47.6 cm³/mol. The Hall–Kier alpha value is -0.120. The molecule has 0 bridgehead atoms. The SMILES string of the molecule is CC(C)CN1CC2CONC2C1. The maximum absolute atomic E-state index is 5.19. The van der Waals surface area contributed by atoms with Crippen LogP contribution in [0, 0.1) is 11.8 Å². The maximum Gasteiger partial charge on any atom is 0.0739 e. The minimum atomic E-state index is 0.601. The first-order valence-electron chi connectivity index (χ1n) is 4.85. The van der Waals surface area contributed by atoms with Gasteiger partial charge < -0.3 is 9.74 Å². The van der Waals surface area contributed by atoms with Gasteiger partial charge >= 0.3 is 0 Å². The summed E-state index contributed by atoms with van der Waals surface area (Å²) in [5, 5.41) is 0. The molecule has 0 spiro atoms. The van der Waals surface area contributed by atoms with Crippen LogP contribution in [-0.2, 0) is 4.84 Å². The van der Waals surface area contributed by atoms with E-state index in [1.54, 1.807) is 0 Å². The van der Waals surface area contributed by atoms with Gasteiger partial charge in [0.2, 0.25) is 0 Å². The predicted octanol–water partition coefficient (Wildman–Crippen LogP) is 0.478. The fourth-order valence-electron chi connectivity index (χ4n) is 2.19. The molecule has 2 unspecified atom stereocenters. The molecule has 2 saturated heterocycles. The summed E-state index contributed by atoms with van der Waals surface area (Å²) in [5.41, 5.74) is 3.08. The summed E-state index contributed by atoms with van der Waals surface area (Å²) in [7, 11) is 0. The Balaban J connectivity index is 1.82. The third-order valence-electron chi connectivity index (χ3n) is 2.67. The Kier molecular flexibility index (Phi) is 2.35. The van der Waals surface area contributed by atoms with Gasteiger partial charge in [-0.15, -0.1) is 0 Å². The second-order valence-corrected chi connectivity index (χ2v) is 4.41. The number of hydrogen-bond acceptors (Lipinski definition) is 3. The molecule has 0 aromatic rings. The molecule has 0 saturated carbocycles. The van der Waals surface area contributed by atoms with Gasteiger partial charge in [-0.25, -0.2) is 0 Å². The zero-order valence-corrected chi connectivity index (χ0v) is 7.92. The Morgan fingerprint density at radius 3 is 3.00 bits per heavy atom. The molecule has 2 aliphatic rings. The lowest BCUT2D eigenvalue weighted by Gasteiger charge is -2.18. The molecule has 2 atom stereocenters. The van der Waals surface area contributed by atoms with E-state index in [0.29, 0.717) is 6.04 Å². The standard InChI is InChI=1S/C9H18N2O/c1-7(2)3-11-4-8-6-12-10-9(8)5-11/h7-10H,3-6H2,1-2H3. The van der Waals surface area contributed by atoms with Crippen LogP contribution in [0.2, 0.25) is 0 Å². The molecular weight excluding hydrogens is 152 g/mol. The molecule has 0 amide bonds. The lowest BCUT2D eigenvalue weighted by atomic mass is 10.1. The summed E-state index contributed by atoms with van der Waals surface area (Å²) in [6.45, 7) is 9.07. The molecule has 2 fully saturated rings. The average molecular weight is 170 g/mol. The quantitative estimate of drug-likeness (QED) is 0.652. The minimum Gasteiger partial charge on any atom is -0.301 e. The molecule has 0 radical (unpaired) electrons. The third kappa shape index (κ3) is 1.63. The van der Waals surface area contributed by atoms with Gasteiger partial charge in [0.1, 0.15) is 0 Å². The van der Waals surface area contributed by atoms with Gasteiger partial charge in [-0.3, -0.25) is 0 Å². The Morgan fingerprint density at radius 1 is 1.50 bits per heavy atom. The molecule has 0 aromatic heterocycles. The van der Waals surface area contributed by atoms with Crippen molar-refractivity contribution in [1.29, 1.82) is 0 Å². The summed E-state index contributed by atoms with van der Waals surface area (Å²) in [4.78, 5) is 7.73. The van der Waals surface area contributed by atoms with E-state index in [9.17, 15) is 0 Å². The third-order valence-corrected chi connectivity index (χ3v) is 2.67. The van der Waals surface area contributed by atoms with Crippen molar-refractivity contribution in [2.75, 3.05) is 26.2 Å². The maximum atomic E-state index is 5.19. The summed E-state index contributed by atoms with van der Waals surface area (Å²) < 4.78 is 0. The zero-order chi connectivity index (χ0) is 8.55. The van der Waals surface area contributed by atoms with E-state index in [0.717, 1.165) is 18.4 Å². The van der Waals surface area contributed by atoms with Gasteiger partial charge in [0.15, 0.2) is 0 Å². The minimum absolute atomic E-state index is 0.601. The summed E-state index contributed by atoms with van der Waals surface area (Å²) in [5.74, 6) is 1.52. The molecule has 2 rings (SSSR count). The van der Waals surface area contributed by atoms with Crippen LogP contribution in [0.25, 0.3) is 0 Å². The number of hydroxylamine groups is 1. The molecule has 12 heavy (non-hydrogen) atoms. The molecule has 70 valence electrons. The van der Waals surface area contributed by atoms with Crippen molar-refractivity contribution in [3.8, 4) is 0 Å². The van der Waals surface area contributed by atoms with Crippen LogP contribution in [0.3, 0.4) is 0 Å². The van der Waals surface area contributed by atoms with E-state index < -0.39 is 0 Å². The van der Waals surface area contributed by atoms with Gasteiger partial charge in [0.05, 0.1) is 12.6 Å². The fourth-order valence-corrected chi connectivity index (χ4v) is 2.19. The number of nitrogens with zero attached hydrogens (tertiary/aromatic N) is 1. The Morgan fingerprint density at radius 2 is 2.33 bits per heavy atom. The molecule has 0 aromatic carbocycles. The van der Waals surface area contributed by atoms with Crippen molar-refractivity contribution in [2.24, 2.45) is 11.8 Å². The number of hydrogen-bond donors (Lipinski definition) is 1. The monoisotopic (exact) mass is 170 g/mol. The molecule has 2 heterocycles. The van der Waals surface area contributed by atoms with E-state index >= 15 is 0 Å². The molecule has 0 aliphatic carbocycles. The van der Waals surface area contributed by atoms with Gasteiger partial charge in [0, 0.05) is 25.6 Å². The first-order chi connectivity index (χ1) is 5.75. The van der Waals surface area contributed by atoms with E-state index in [1.165, 1.54) is 19.6 Å². The van der Waals surface area contributed by atoms with Crippen LogP contribution in [0.1, 0.15) is 13.8 Å². The lowest BCUT2D eigenvalue weighted by Crippen LogP contribution is -2.31. The van der Waals surface area contributed by atoms with Crippen molar-refractivity contribution in [1.82, 2.24) is 10.4 Å². The van der Waals surface area contributed by atoms with Gasteiger partial charge in [0.25, 0.3) is 0 Å². The number of likely N-dealkylation sites (tertiary alicyclic amines) is 1. The highest BCUT2D eigenvalue weighted by Crippen LogP contribution is 2.22. The molecular formula is C9H18N2O. The lowest BCUT2D eigenvalue weighted by molar-refractivity contribution is 0.0705. The second-order valence-electron chi connectivity index (χ2n) is 4.41. The highest BCUT2D eigenvalue weighted by molar-refractivity contribution is 4.90. The normalized spacial score (nSPS) is 36.2. The van der Waals surface area contributed by atoms with Crippen molar-refractivity contribution < 1.29 is 4.84 Å². The van der Waals surface area contributed by atoms with Crippen LogP contribution >= 0.6 is 0 Å². The highest BCUT2D eigenvalue weighted by atomic mass is 16.7. The van der Waals surface area contributed by atoms with E-state index in [-0.39, 0.29) is 0 Å². The zero-order valence-electron chi connectivity index (χ0n) is 7.92. The molecule has 3 nitrogen and oxygen atoms in total. The Bertz CT molecular complexity index is 149. The van der Waals surface area contributed by atoms with Crippen LogP contribution in [-0.4, -0.2) is 37.2 Å². The van der Waals surface area contributed by atoms with E-state index in [1.807, 2.05) is 0 Å². The first-order valence-corrected chi connectivity index (χ1v) is 4.85. The molecule has 1 N–H and O–H groups in total. The fraction of sp³-hybridized carbons (Fsp3) is 1.00. The van der Waals surface area contributed by atoms with Crippen LogP contribution < -0.4 is 5.48 Å². The van der Waals surface area contributed by atoms with Crippen molar-refractivity contribution in [3.63, 3.8) is 0 Å². The number of nitrogens with one attached hydrogen (secondary N) is 1. The van der Waals surface area contributed by atoms with Gasteiger partial charge in [-0.1, -0.05) is 13.8 Å². The smallest absolute Gasteiger partial charge is 0.0739 e. The second kappa shape index (κ2) is 3.32. The van der Waals surface area contributed by atoms with Crippen molar-refractivity contribution in [3.05, 3.63) is 0 Å². The first kappa shape index (κ1) is 8.48. The highest BCUT2D eigenvalue weighted by Gasteiger charge is 2.36. The van der Waals surface area contributed by atoms with Crippen LogP contribution in [0.5, 0.6) is 0 Å². The summed E-state index contributed by atoms with van der Waals surface area (Å²) in [6.07, 6.45) is 0. The van der Waals surface area contributed by atoms with E-state index in [4.69, 9.17) is 4.84 Å². The summed E-state index contributed by atoms with van der Waals surface area (Å²) >= 11 is 0. The Labute approximate surface area is 74.0 Å². The van der Waals surface area contributed by atoms with Crippen LogP contribution in [0.4, 0.5) is 0 Å². The summed E-state index contributed by atoms with van der Waals surface area (Å²) in [6, 6.07) is 0.601. The van der Waals surface area contributed by atoms with Gasteiger partial charge in [-0.05, 0) is 5.92 Å². The van der Waals surface area contributed by atoms with Gasteiger partial charge in [-0.2, -0.15) is 5.48 Å². The largest absolute Gasteiger partial charge is 0.301 e. The number of fused-ring (bicyclic) bond motifs is 1. The average Bonchev–Trinajstić information content (AvgIpc) is 2.43. The molecule has 2 aliphatic heterocycles. The van der Waals surface area contributed by atoms with Crippen molar-refractivity contribution in [2.45, 2.75) is 19.9 Å². The van der Waals surface area contributed by atoms with Crippen molar-refractivity contribution >= 4 is 0 Å². The van der Waals surface area contributed by atoms with Crippen LogP contribution in [0.15, 0.2) is 0 Å². The number of rotatable bonds is 2.